The minimum absolute atomic E-state index is 0.102. The molecule has 13 heavy (non-hydrogen) atoms. The largest absolute Gasteiger partial charge is 0.338 e. The van der Waals surface area contributed by atoms with E-state index < -0.39 is 0 Å². The molecule has 2 nitrogen and oxygen atoms in total. The van der Waals surface area contributed by atoms with Crippen LogP contribution in [-0.2, 0) is 12.5 Å². The molecule has 0 atom stereocenters. The normalized spacial score (nSPS) is 13.4. The van der Waals surface area contributed by atoms with Crippen LogP contribution in [0.25, 0.3) is 0 Å². The predicted molar refractivity (Wildman–Crippen MR) is 55.7 cm³/mol. The maximum absolute atomic E-state index is 4.42. The number of hydrogen-bond donors (Lipinski definition) is 0. The van der Waals surface area contributed by atoms with Crippen molar-refractivity contribution in [1.29, 1.82) is 0 Å². The van der Waals surface area contributed by atoms with Gasteiger partial charge in [-0.05, 0) is 5.41 Å². The molecule has 0 aromatic carbocycles. The minimum atomic E-state index is 0.102. The van der Waals surface area contributed by atoms with Crippen molar-refractivity contribution in [2.24, 2.45) is 12.5 Å². The fraction of sp³-hybridized carbons (Fsp3) is 0.727. The quantitative estimate of drug-likeness (QED) is 0.649. The van der Waals surface area contributed by atoms with E-state index in [-0.39, 0.29) is 10.8 Å². The topological polar surface area (TPSA) is 17.8 Å². The van der Waals surface area contributed by atoms with Gasteiger partial charge in [0.25, 0.3) is 0 Å². The summed E-state index contributed by atoms with van der Waals surface area (Å²) in [5.41, 5.74) is 0.331. The van der Waals surface area contributed by atoms with Crippen molar-refractivity contribution in [1.82, 2.24) is 9.55 Å². The van der Waals surface area contributed by atoms with Crippen molar-refractivity contribution in [3.8, 4) is 0 Å². The van der Waals surface area contributed by atoms with Gasteiger partial charge in [-0.1, -0.05) is 34.6 Å². The molecule has 0 amide bonds. The average Bonchev–Trinajstić information content (AvgIpc) is 2.32. The molecule has 2 heteroatoms. The van der Waals surface area contributed by atoms with E-state index in [1.54, 1.807) is 0 Å². The van der Waals surface area contributed by atoms with Gasteiger partial charge in [0.2, 0.25) is 0 Å². The van der Waals surface area contributed by atoms with Gasteiger partial charge in [0.15, 0.2) is 0 Å². The van der Waals surface area contributed by atoms with Crippen LogP contribution < -0.4 is 0 Å². The number of rotatable bonds is 1. The second kappa shape index (κ2) is 2.86. The molecule has 0 N–H and O–H groups in total. The zero-order chi connectivity index (χ0) is 10.3. The van der Waals surface area contributed by atoms with Gasteiger partial charge in [-0.25, -0.2) is 4.98 Å². The maximum Gasteiger partial charge on any atom is 0.114 e. The van der Waals surface area contributed by atoms with E-state index in [2.05, 4.69) is 51.2 Å². The Morgan fingerprint density at radius 3 is 2.00 bits per heavy atom. The summed E-state index contributed by atoms with van der Waals surface area (Å²) in [6.07, 6.45) is 3.87. The van der Waals surface area contributed by atoms with E-state index in [0.29, 0.717) is 0 Å². The van der Waals surface area contributed by atoms with Crippen LogP contribution in [-0.4, -0.2) is 9.55 Å². The second-order valence-electron chi connectivity index (χ2n) is 5.24. The Hall–Kier alpha value is -0.790. The molecule has 0 bridgehead atoms. The molecule has 0 spiro atoms. The summed E-state index contributed by atoms with van der Waals surface area (Å²) in [5.74, 6) is 1.15. The molecule has 0 aliphatic carbocycles. The Morgan fingerprint density at radius 2 is 1.69 bits per heavy atom. The lowest BCUT2D eigenvalue weighted by atomic mass is 9.69. The SMILES string of the molecule is Cn1ccnc1C(C)(C)C(C)(C)C. The van der Waals surface area contributed by atoms with Gasteiger partial charge in [0.05, 0.1) is 0 Å². The van der Waals surface area contributed by atoms with E-state index in [1.807, 2.05) is 12.4 Å². The van der Waals surface area contributed by atoms with E-state index >= 15 is 0 Å². The van der Waals surface area contributed by atoms with E-state index in [1.165, 1.54) is 0 Å². The molecular weight excluding hydrogens is 160 g/mol. The number of aryl methyl sites for hydroxylation is 1. The van der Waals surface area contributed by atoms with Gasteiger partial charge in [-0.2, -0.15) is 0 Å². The van der Waals surface area contributed by atoms with Crippen LogP contribution in [0.3, 0.4) is 0 Å². The molecule has 1 aromatic rings. The number of hydrogen-bond acceptors (Lipinski definition) is 1. The van der Waals surface area contributed by atoms with E-state index in [9.17, 15) is 0 Å². The Kier molecular flexibility index (Phi) is 2.27. The molecule has 1 aromatic heterocycles. The first-order chi connectivity index (χ1) is 5.77. The third kappa shape index (κ3) is 1.62. The summed E-state index contributed by atoms with van der Waals surface area (Å²) in [6, 6.07) is 0. The first-order valence-electron chi connectivity index (χ1n) is 4.74. The van der Waals surface area contributed by atoms with Crippen LogP contribution in [0.1, 0.15) is 40.4 Å². The second-order valence-corrected chi connectivity index (χ2v) is 5.24. The van der Waals surface area contributed by atoms with Crippen molar-refractivity contribution in [3.05, 3.63) is 18.2 Å². The third-order valence-electron chi connectivity index (χ3n) is 3.26. The lowest BCUT2D eigenvalue weighted by molar-refractivity contribution is 0.209. The number of imidazole rings is 1. The number of aromatic nitrogens is 2. The first-order valence-corrected chi connectivity index (χ1v) is 4.74. The zero-order valence-corrected chi connectivity index (χ0v) is 9.55. The van der Waals surface area contributed by atoms with Gasteiger partial charge >= 0.3 is 0 Å². The monoisotopic (exact) mass is 180 g/mol. The van der Waals surface area contributed by atoms with Crippen molar-refractivity contribution >= 4 is 0 Å². The highest BCUT2D eigenvalue weighted by atomic mass is 15.0. The Morgan fingerprint density at radius 1 is 1.15 bits per heavy atom. The van der Waals surface area contributed by atoms with Crippen LogP contribution in [0.5, 0.6) is 0 Å². The van der Waals surface area contributed by atoms with Gasteiger partial charge in [0, 0.05) is 24.9 Å². The van der Waals surface area contributed by atoms with Crippen molar-refractivity contribution in [2.75, 3.05) is 0 Å². The average molecular weight is 180 g/mol. The van der Waals surface area contributed by atoms with Gasteiger partial charge in [0.1, 0.15) is 5.82 Å². The molecule has 1 rings (SSSR count). The molecule has 0 aliphatic heterocycles. The molecule has 0 fully saturated rings. The maximum atomic E-state index is 4.42. The van der Waals surface area contributed by atoms with Crippen molar-refractivity contribution in [3.63, 3.8) is 0 Å². The summed E-state index contributed by atoms with van der Waals surface area (Å²) >= 11 is 0. The minimum Gasteiger partial charge on any atom is -0.338 e. The van der Waals surface area contributed by atoms with Crippen LogP contribution >= 0.6 is 0 Å². The molecule has 74 valence electrons. The van der Waals surface area contributed by atoms with Crippen LogP contribution in [0.2, 0.25) is 0 Å². The molecule has 1 heterocycles. The lowest BCUT2D eigenvalue weighted by Gasteiger charge is -2.38. The Labute approximate surface area is 81.0 Å². The van der Waals surface area contributed by atoms with E-state index in [4.69, 9.17) is 0 Å². The van der Waals surface area contributed by atoms with Gasteiger partial charge in [-0.3, -0.25) is 0 Å². The highest BCUT2D eigenvalue weighted by Crippen LogP contribution is 2.39. The lowest BCUT2D eigenvalue weighted by Crippen LogP contribution is -2.36. The van der Waals surface area contributed by atoms with Crippen LogP contribution in [0.4, 0.5) is 0 Å². The smallest absolute Gasteiger partial charge is 0.114 e. The summed E-state index contributed by atoms with van der Waals surface area (Å²) in [7, 11) is 2.05. The Bertz CT molecular complexity index is 289. The molecule has 0 aliphatic rings. The third-order valence-corrected chi connectivity index (χ3v) is 3.26. The summed E-state index contributed by atoms with van der Waals surface area (Å²) in [4.78, 5) is 4.42. The fourth-order valence-electron chi connectivity index (χ4n) is 1.30. The first kappa shape index (κ1) is 10.3. The highest BCUT2D eigenvalue weighted by molar-refractivity contribution is 5.11. The summed E-state index contributed by atoms with van der Waals surface area (Å²) < 4.78 is 2.10. The standard InChI is InChI=1S/C11H20N2/c1-10(2,3)11(4,5)9-12-7-8-13(9)6/h7-8H,1-6H3. The van der Waals surface area contributed by atoms with Crippen molar-refractivity contribution < 1.29 is 0 Å². The van der Waals surface area contributed by atoms with E-state index in [0.717, 1.165) is 5.82 Å². The summed E-state index contributed by atoms with van der Waals surface area (Å²) in [6.45, 7) is 11.2. The zero-order valence-electron chi connectivity index (χ0n) is 9.55. The van der Waals surface area contributed by atoms with Crippen molar-refractivity contribution in [2.45, 2.75) is 40.0 Å². The molecule has 0 saturated carbocycles. The molecule has 0 radical (unpaired) electrons. The number of nitrogens with zero attached hydrogens (tertiary/aromatic N) is 2. The van der Waals surface area contributed by atoms with Crippen LogP contribution in [0.15, 0.2) is 12.4 Å². The summed E-state index contributed by atoms with van der Waals surface area (Å²) in [5, 5.41) is 0. The molecule has 0 saturated heterocycles. The fourth-order valence-corrected chi connectivity index (χ4v) is 1.30. The van der Waals surface area contributed by atoms with Gasteiger partial charge < -0.3 is 4.57 Å². The molecule has 0 unspecified atom stereocenters. The Balaban J connectivity index is 3.15. The predicted octanol–water partition coefficient (Wildman–Crippen LogP) is 2.74. The molecular formula is C11H20N2. The van der Waals surface area contributed by atoms with Gasteiger partial charge in [-0.15, -0.1) is 0 Å². The van der Waals surface area contributed by atoms with Crippen LogP contribution in [0, 0.1) is 5.41 Å². The highest BCUT2D eigenvalue weighted by Gasteiger charge is 2.37.